The Hall–Kier alpha value is -0.990. The lowest BCUT2D eigenvalue weighted by molar-refractivity contribution is -0.870. The highest BCUT2D eigenvalue weighted by atomic mass is 31.2. The van der Waals surface area contributed by atoms with Gasteiger partial charge in [0, 0.05) is 12.8 Å². The number of esters is 2. The number of phosphoric ester groups is 1. The molecule has 1 unspecified atom stereocenters. The van der Waals surface area contributed by atoms with Crippen molar-refractivity contribution in [3.63, 3.8) is 0 Å². The summed E-state index contributed by atoms with van der Waals surface area (Å²) in [6, 6.07) is 0. The second-order valence-corrected chi connectivity index (χ2v) is 9.77. The quantitative estimate of drug-likeness (QED) is 0.145. The lowest BCUT2D eigenvalue weighted by Crippen LogP contribution is -2.37. The standard InChI is InChI=1S/C20H40NO8P/c1-6-8-10-12-19(22)26-16-18(29-20(23)13-11-9-7-2)17-28-30(24,25)27-15-14-21(3,4)5/h18H,6-17H2,1-5H3/p+1/t18-/m1/s1. The van der Waals surface area contributed by atoms with Gasteiger partial charge in [-0.15, -0.1) is 0 Å². The van der Waals surface area contributed by atoms with Crippen LogP contribution in [0.1, 0.15) is 65.2 Å². The second kappa shape index (κ2) is 15.8. The van der Waals surface area contributed by atoms with E-state index in [0.717, 1.165) is 32.1 Å². The van der Waals surface area contributed by atoms with E-state index in [-0.39, 0.29) is 26.1 Å². The minimum Gasteiger partial charge on any atom is -0.462 e. The number of phosphoric acid groups is 1. The van der Waals surface area contributed by atoms with E-state index in [2.05, 4.69) is 0 Å². The molecule has 0 fully saturated rings. The zero-order valence-electron chi connectivity index (χ0n) is 19.3. The van der Waals surface area contributed by atoms with Crippen LogP contribution in [0.15, 0.2) is 0 Å². The first-order valence-electron chi connectivity index (χ1n) is 10.8. The van der Waals surface area contributed by atoms with E-state index in [0.29, 0.717) is 17.4 Å². The summed E-state index contributed by atoms with van der Waals surface area (Å²) in [6.45, 7) is 3.97. The highest BCUT2D eigenvalue weighted by molar-refractivity contribution is 7.47. The fourth-order valence-electron chi connectivity index (χ4n) is 2.30. The van der Waals surface area contributed by atoms with Gasteiger partial charge in [-0.25, -0.2) is 4.57 Å². The Labute approximate surface area is 181 Å². The summed E-state index contributed by atoms with van der Waals surface area (Å²) in [5, 5.41) is 0. The molecule has 1 N–H and O–H groups in total. The molecule has 178 valence electrons. The molecule has 0 aromatic rings. The monoisotopic (exact) mass is 454 g/mol. The van der Waals surface area contributed by atoms with E-state index < -0.39 is 32.5 Å². The van der Waals surface area contributed by atoms with Gasteiger partial charge < -0.3 is 18.9 Å². The number of ether oxygens (including phenoxy) is 2. The first-order valence-corrected chi connectivity index (χ1v) is 12.3. The SMILES string of the molecule is CCCCCC(=O)OC[C@H](COP(=O)(O)OCC[N+](C)(C)C)OC(=O)CCCCC. The van der Waals surface area contributed by atoms with E-state index in [9.17, 15) is 19.0 Å². The van der Waals surface area contributed by atoms with Crippen LogP contribution in [0, 0.1) is 0 Å². The Morgan fingerprint density at radius 3 is 2.00 bits per heavy atom. The Bertz CT molecular complexity index is 535. The van der Waals surface area contributed by atoms with Gasteiger partial charge in [0.15, 0.2) is 6.10 Å². The predicted octanol–water partition coefficient (Wildman–Crippen LogP) is 3.44. The van der Waals surface area contributed by atoms with Gasteiger partial charge in [0.05, 0.1) is 27.7 Å². The zero-order chi connectivity index (χ0) is 23.0. The van der Waals surface area contributed by atoms with E-state index >= 15 is 0 Å². The smallest absolute Gasteiger partial charge is 0.462 e. The highest BCUT2D eigenvalue weighted by Gasteiger charge is 2.26. The van der Waals surface area contributed by atoms with Crippen molar-refractivity contribution in [1.82, 2.24) is 0 Å². The number of rotatable bonds is 18. The average Bonchev–Trinajstić information content (AvgIpc) is 2.63. The fourth-order valence-corrected chi connectivity index (χ4v) is 3.04. The third kappa shape index (κ3) is 17.8. The van der Waals surface area contributed by atoms with Crippen LogP contribution in [0.25, 0.3) is 0 Å². The molecule has 0 aliphatic rings. The zero-order valence-corrected chi connectivity index (χ0v) is 20.2. The molecular formula is C20H41NO8P+. The van der Waals surface area contributed by atoms with Crippen LogP contribution in [0.4, 0.5) is 0 Å². The van der Waals surface area contributed by atoms with Crippen LogP contribution in [0.2, 0.25) is 0 Å². The van der Waals surface area contributed by atoms with Crippen molar-refractivity contribution in [1.29, 1.82) is 0 Å². The van der Waals surface area contributed by atoms with E-state index in [1.807, 2.05) is 35.0 Å². The molecule has 0 aliphatic heterocycles. The van der Waals surface area contributed by atoms with Gasteiger partial charge in [0.2, 0.25) is 0 Å². The van der Waals surface area contributed by atoms with Crippen LogP contribution < -0.4 is 0 Å². The van der Waals surface area contributed by atoms with Gasteiger partial charge >= 0.3 is 19.8 Å². The molecule has 0 aromatic carbocycles. The molecule has 30 heavy (non-hydrogen) atoms. The van der Waals surface area contributed by atoms with E-state index in [4.69, 9.17) is 18.5 Å². The Morgan fingerprint density at radius 1 is 0.900 bits per heavy atom. The summed E-state index contributed by atoms with van der Waals surface area (Å²) in [4.78, 5) is 33.7. The van der Waals surface area contributed by atoms with Gasteiger partial charge in [-0.3, -0.25) is 18.6 Å². The van der Waals surface area contributed by atoms with Crippen LogP contribution in [-0.2, 0) is 32.7 Å². The molecule has 0 saturated heterocycles. The summed E-state index contributed by atoms with van der Waals surface area (Å²) < 4.78 is 33.0. The summed E-state index contributed by atoms with van der Waals surface area (Å²) in [6.07, 6.45) is 4.71. The van der Waals surface area contributed by atoms with Gasteiger partial charge in [0.25, 0.3) is 0 Å². The van der Waals surface area contributed by atoms with Crippen molar-refractivity contribution in [2.24, 2.45) is 0 Å². The van der Waals surface area contributed by atoms with Crippen molar-refractivity contribution >= 4 is 19.8 Å². The molecular weight excluding hydrogens is 413 g/mol. The molecule has 0 aromatic heterocycles. The molecule has 0 rings (SSSR count). The maximum atomic E-state index is 12.1. The molecule has 0 aliphatic carbocycles. The minimum absolute atomic E-state index is 0.0329. The first kappa shape index (κ1) is 29.0. The highest BCUT2D eigenvalue weighted by Crippen LogP contribution is 2.43. The molecule has 0 amide bonds. The number of hydrogen-bond acceptors (Lipinski definition) is 7. The normalized spacial score (nSPS) is 14.7. The molecule has 0 heterocycles. The summed E-state index contributed by atoms with van der Waals surface area (Å²) in [5.74, 6) is -0.861. The Kier molecular flexibility index (Phi) is 15.2. The molecule has 0 spiro atoms. The number of quaternary nitrogens is 1. The van der Waals surface area contributed by atoms with E-state index in [1.165, 1.54) is 0 Å². The molecule has 0 saturated carbocycles. The number of likely N-dealkylation sites (N-methyl/N-ethyl adjacent to an activating group) is 1. The van der Waals surface area contributed by atoms with Crippen molar-refractivity contribution in [3.05, 3.63) is 0 Å². The number of unbranched alkanes of at least 4 members (excludes halogenated alkanes) is 4. The largest absolute Gasteiger partial charge is 0.472 e. The summed E-state index contributed by atoms with van der Waals surface area (Å²) >= 11 is 0. The van der Waals surface area contributed by atoms with Gasteiger partial charge in [-0.1, -0.05) is 39.5 Å². The number of hydrogen-bond donors (Lipinski definition) is 1. The summed E-state index contributed by atoms with van der Waals surface area (Å²) in [7, 11) is 1.47. The van der Waals surface area contributed by atoms with Crippen molar-refractivity contribution < 1.29 is 42.1 Å². The van der Waals surface area contributed by atoms with Crippen LogP contribution >= 0.6 is 7.82 Å². The lowest BCUT2D eigenvalue weighted by Gasteiger charge is -2.24. The molecule has 2 atom stereocenters. The predicted molar refractivity (Wildman–Crippen MR) is 114 cm³/mol. The lowest BCUT2D eigenvalue weighted by atomic mass is 10.2. The van der Waals surface area contributed by atoms with Gasteiger partial charge in [-0.05, 0) is 12.8 Å². The van der Waals surface area contributed by atoms with Crippen molar-refractivity contribution in [2.45, 2.75) is 71.3 Å². The molecule has 9 nitrogen and oxygen atoms in total. The molecule has 0 radical (unpaired) electrons. The van der Waals surface area contributed by atoms with Crippen LogP contribution in [-0.4, -0.2) is 74.9 Å². The van der Waals surface area contributed by atoms with Crippen LogP contribution in [0.5, 0.6) is 0 Å². The second-order valence-electron chi connectivity index (χ2n) is 8.32. The topological polar surface area (TPSA) is 108 Å². The Balaban J connectivity index is 4.63. The van der Waals surface area contributed by atoms with Gasteiger partial charge in [-0.2, -0.15) is 0 Å². The number of carbonyl (C=O) groups is 2. The fraction of sp³-hybridized carbons (Fsp3) is 0.900. The van der Waals surface area contributed by atoms with Crippen LogP contribution in [0.3, 0.4) is 0 Å². The van der Waals surface area contributed by atoms with E-state index in [1.54, 1.807) is 0 Å². The van der Waals surface area contributed by atoms with Crippen molar-refractivity contribution in [3.8, 4) is 0 Å². The third-order valence-electron chi connectivity index (χ3n) is 4.14. The maximum Gasteiger partial charge on any atom is 0.472 e. The molecule has 0 bridgehead atoms. The number of carbonyl (C=O) groups excluding carboxylic acids is 2. The third-order valence-corrected chi connectivity index (χ3v) is 5.12. The summed E-state index contributed by atoms with van der Waals surface area (Å²) in [5.41, 5.74) is 0. The van der Waals surface area contributed by atoms with Gasteiger partial charge in [0.1, 0.15) is 19.8 Å². The Morgan fingerprint density at radius 2 is 1.47 bits per heavy atom. The average molecular weight is 455 g/mol. The molecule has 10 heteroatoms. The minimum atomic E-state index is -4.31. The first-order chi connectivity index (χ1) is 14.0. The number of nitrogens with zero attached hydrogens (tertiary/aromatic N) is 1. The van der Waals surface area contributed by atoms with Crippen molar-refractivity contribution in [2.75, 3.05) is 47.5 Å². The maximum absolute atomic E-state index is 12.1.